The molecule has 21 heavy (non-hydrogen) atoms. The van der Waals surface area contributed by atoms with E-state index in [9.17, 15) is 0 Å². The standard InChI is InChI=1S/C19H30N2/c1-15-6-7-18(12-16(15)2)13-21-14-19(9-4-5-10-19)20-11-8-17(21)3/h6-7,12,17,20H,4-5,8-11,13-14H2,1-3H3. The summed E-state index contributed by atoms with van der Waals surface area (Å²) in [4.78, 5) is 2.72. The van der Waals surface area contributed by atoms with Gasteiger partial charge in [-0.15, -0.1) is 0 Å². The molecule has 1 N–H and O–H groups in total. The van der Waals surface area contributed by atoms with Crippen molar-refractivity contribution in [2.45, 2.75) is 71.0 Å². The average Bonchev–Trinajstić information content (AvgIpc) is 2.84. The molecule has 2 heteroatoms. The van der Waals surface area contributed by atoms with Gasteiger partial charge in [0.25, 0.3) is 0 Å². The third kappa shape index (κ3) is 3.32. The van der Waals surface area contributed by atoms with Gasteiger partial charge in [0.05, 0.1) is 0 Å². The van der Waals surface area contributed by atoms with Gasteiger partial charge < -0.3 is 5.32 Å². The SMILES string of the molecule is Cc1ccc(CN2CC3(CCCC3)NCCC2C)cc1C. The van der Waals surface area contributed by atoms with Crippen LogP contribution in [0.4, 0.5) is 0 Å². The normalized spacial score (nSPS) is 26.1. The van der Waals surface area contributed by atoms with Crippen LogP contribution in [0, 0.1) is 13.8 Å². The molecule has 1 aromatic carbocycles. The Labute approximate surface area is 129 Å². The minimum Gasteiger partial charge on any atom is -0.310 e. The maximum absolute atomic E-state index is 3.88. The monoisotopic (exact) mass is 286 g/mol. The summed E-state index contributed by atoms with van der Waals surface area (Å²) in [5.41, 5.74) is 4.70. The van der Waals surface area contributed by atoms with Crippen molar-refractivity contribution in [1.29, 1.82) is 0 Å². The van der Waals surface area contributed by atoms with Gasteiger partial charge in [-0.2, -0.15) is 0 Å². The fourth-order valence-electron chi connectivity index (χ4n) is 4.06. The summed E-state index contributed by atoms with van der Waals surface area (Å²) in [6.45, 7) is 10.3. The predicted octanol–water partition coefficient (Wildman–Crippen LogP) is 3.80. The zero-order chi connectivity index (χ0) is 14.9. The van der Waals surface area contributed by atoms with Gasteiger partial charge in [-0.1, -0.05) is 31.0 Å². The van der Waals surface area contributed by atoms with Gasteiger partial charge in [-0.3, -0.25) is 4.90 Å². The molecule has 116 valence electrons. The van der Waals surface area contributed by atoms with E-state index in [1.165, 1.54) is 61.9 Å². The molecule has 2 aliphatic rings. The molecule has 1 saturated carbocycles. The summed E-state index contributed by atoms with van der Waals surface area (Å²) in [5, 5.41) is 3.88. The van der Waals surface area contributed by atoms with Crippen molar-refractivity contribution in [2.24, 2.45) is 0 Å². The molecule has 2 nitrogen and oxygen atoms in total. The summed E-state index contributed by atoms with van der Waals surface area (Å²) in [6.07, 6.45) is 6.80. The van der Waals surface area contributed by atoms with Crippen LogP contribution >= 0.6 is 0 Å². The lowest BCUT2D eigenvalue weighted by Gasteiger charge is -2.35. The first kappa shape index (κ1) is 15.1. The highest BCUT2D eigenvalue weighted by atomic mass is 15.2. The first-order chi connectivity index (χ1) is 10.1. The van der Waals surface area contributed by atoms with Crippen LogP contribution in [0.25, 0.3) is 0 Å². The largest absolute Gasteiger partial charge is 0.310 e. The number of rotatable bonds is 2. The maximum atomic E-state index is 3.88. The van der Waals surface area contributed by atoms with Crippen LogP contribution in [0.15, 0.2) is 18.2 Å². The first-order valence-electron chi connectivity index (χ1n) is 8.63. The van der Waals surface area contributed by atoms with Crippen LogP contribution in [0.1, 0.15) is 55.7 Å². The molecule has 1 aliphatic carbocycles. The lowest BCUT2D eigenvalue weighted by molar-refractivity contribution is 0.160. The van der Waals surface area contributed by atoms with Crippen molar-refractivity contribution in [3.05, 3.63) is 34.9 Å². The van der Waals surface area contributed by atoms with Crippen LogP contribution < -0.4 is 5.32 Å². The van der Waals surface area contributed by atoms with Gasteiger partial charge in [0.15, 0.2) is 0 Å². The minimum absolute atomic E-state index is 0.407. The number of hydrogen-bond donors (Lipinski definition) is 1. The highest BCUT2D eigenvalue weighted by Gasteiger charge is 2.37. The van der Waals surface area contributed by atoms with Gasteiger partial charge in [0.1, 0.15) is 0 Å². The lowest BCUT2D eigenvalue weighted by atomic mass is 9.96. The Kier molecular flexibility index (Phi) is 4.37. The molecule has 1 aromatic rings. The van der Waals surface area contributed by atoms with E-state index < -0.39 is 0 Å². The lowest BCUT2D eigenvalue weighted by Crippen LogP contribution is -2.49. The molecular weight excluding hydrogens is 256 g/mol. The Morgan fingerprint density at radius 3 is 2.67 bits per heavy atom. The van der Waals surface area contributed by atoms with Crippen LogP contribution in [0.5, 0.6) is 0 Å². The van der Waals surface area contributed by atoms with E-state index in [0.29, 0.717) is 11.6 Å². The second kappa shape index (κ2) is 6.10. The molecule has 1 spiro atoms. The highest BCUT2D eigenvalue weighted by molar-refractivity contribution is 5.30. The van der Waals surface area contributed by atoms with E-state index in [1.54, 1.807) is 0 Å². The zero-order valence-electron chi connectivity index (χ0n) is 13.9. The molecule has 1 unspecified atom stereocenters. The van der Waals surface area contributed by atoms with Crippen molar-refractivity contribution < 1.29 is 0 Å². The van der Waals surface area contributed by atoms with Crippen molar-refractivity contribution in [1.82, 2.24) is 10.2 Å². The Hall–Kier alpha value is -0.860. The van der Waals surface area contributed by atoms with Crippen molar-refractivity contribution >= 4 is 0 Å². The summed E-state index contributed by atoms with van der Waals surface area (Å²) < 4.78 is 0. The second-order valence-electron chi connectivity index (χ2n) is 7.38. The van der Waals surface area contributed by atoms with E-state index in [0.717, 1.165) is 6.54 Å². The summed E-state index contributed by atoms with van der Waals surface area (Å²) in [5.74, 6) is 0. The maximum Gasteiger partial charge on any atom is 0.0309 e. The third-order valence-electron chi connectivity index (χ3n) is 5.71. The van der Waals surface area contributed by atoms with Crippen LogP contribution in [-0.4, -0.2) is 29.6 Å². The quantitative estimate of drug-likeness (QED) is 0.889. The highest BCUT2D eigenvalue weighted by Crippen LogP contribution is 2.33. The number of benzene rings is 1. The van der Waals surface area contributed by atoms with E-state index in [2.05, 4.69) is 49.2 Å². The molecule has 3 rings (SSSR count). The average molecular weight is 286 g/mol. The van der Waals surface area contributed by atoms with Gasteiger partial charge in [-0.05, 0) is 63.3 Å². The first-order valence-corrected chi connectivity index (χ1v) is 8.63. The molecule has 1 atom stereocenters. The van der Waals surface area contributed by atoms with Crippen molar-refractivity contribution in [3.8, 4) is 0 Å². The van der Waals surface area contributed by atoms with E-state index in [-0.39, 0.29) is 0 Å². The van der Waals surface area contributed by atoms with Crippen LogP contribution in [-0.2, 0) is 6.54 Å². The molecule has 1 heterocycles. The molecule has 2 fully saturated rings. The molecule has 1 saturated heterocycles. The summed E-state index contributed by atoms with van der Waals surface area (Å²) in [6, 6.07) is 7.65. The Balaban J connectivity index is 1.76. The molecular formula is C19H30N2. The smallest absolute Gasteiger partial charge is 0.0309 e. The van der Waals surface area contributed by atoms with E-state index >= 15 is 0 Å². The fourth-order valence-corrected chi connectivity index (χ4v) is 4.06. The van der Waals surface area contributed by atoms with Gasteiger partial charge in [0, 0.05) is 24.7 Å². The molecule has 0 aromatic heterocycles. The van der Waals surface area contributed by atoms with E-state index in [1.807, 2.05) is 0 Å². The van der Waals surface area contributed by atoms with Gasteiger partial charge in [-0.25, -0.2) is 0 Å². The number of nitrogens with zero attached hydrogens (tertiary/aromatic N) is 1. The van der Waals surface area contributed by atoms with Gasteiger partial charge in [0.2, 0.25) is 0 Å². The molecule has 0 radical (unpaired) electrons. The van der Waals surface area contributed by atoms with Gasteiger partial charge >= 0.3 is 0 Å². The van der Waals surface area contributed by atoms with Crippen LogP contribution in [0.2, 0.25) is 0 Å². The summed E-state index contributed by atoms with van der Waals surface area (Å²) >= 11 is 0. The topological polar surface area (TPSA) is 15.3 Å². The minimum atomic E-state index is 0.407. The molecule has 0 amide bonds. The Bertz CT molecular complexity index is 488. The summed E-state index contributed by atoms with van der Waals surface area (Å²) in [7, 11) is 0. The zero-order valence-corrected chi connectivity index (χ0v) is 13.9. The number of aryl methyl sites for hydroxylation is 2. The molecule has 0 bridgehead atoms. The van der Waals surface area contributed by atoms with E-state index in [4.69, 9.17) is 0 Å². The Morgan fingerprint density at radius 1 is 1.19 bits per heavy atom. The Morgan fingerprint density at radius 2 is 1.95 bits per heavy atom. The number of hydrogen-bond acceptors (Lipinski definition) is 2. The van der Waals surface area contributed by atoms with Crippen molar-refractivity contribution in [2.75, 3.05) is 13.1 Å². The molecule has 1 aliphatic heterocycles. The second-order valence-corrected chi connectivity index (χ2v) is 7.38. The fraction of sp³-hybridized carbons (Fsp3) is 0.684. The van der Waals surface area contributed by atoms with Crippen molar-refractivity contribution in [3.63, 3.8) is 0 Å². The third-order valence-corrected chi connectivity index (χ3v) is 5.71. The number of nitrogens with one attached hydrogen (secondary N) is 1. The van der Waals surface area contributed by atoms with Crippen LogP contribution in [0.3, 0.4) is 0 Å². The predicted molar refractivity (Wildman–Crippen MR) is 89.6 cm³/mol.